The Balaban J connectivity index is 1.04. The van der Waals surface area contributed by atoms with Gasteiger partial charge in [-0.05, 0) is 134 Å². The summed E-state index contributed by atoms with van der Waals surface area (Å²) in [6.45, 7) is 6.37. The Kier molecular flexibility index (Phi) is 20.2. The molecule has 5 rings (SSSR count). The van der Waals surface area contributed by atoms with Crippen LogP contribution < -0.4 is 9.47 Å². The average Bonchev–Trinajstić information content (AvgIpc) is 3.29. The Hall–Kier alpha value is -5.69. The second kappa shape index (κ2) is 26.5. The van der Waals surface area contributed by atoms with Crippen LogP contribution in [0.15, 0.2) is 130 Å². The Morgan fingerprint density at radius 2 is 0.934 bits per heavy atom. The van der Waals surface area contributed by atoms with E-state index in [1.54, 1.807) is 54.7 Å². The number of hydrogen-bond acceptors (Lipinski definition) is 7. The molecule has 0 amide bonds. The van der Waals surface area contributed by atoms with E-state index in [0.29, 0.717) is 34.0 Å². The standard InChI is InChI=1S/C54H65N3O4/c1-4-6-8-10-12-13-14-15-17-19-22-44-27-35-48(36-28-44)56-57-49-37-33-47(34-38-49)54(59)61-52-24-20-23-51(42(52)3)55-41-45-29-39-50(40-30-45)60-53(58)46-31-25-43(26-32-46)21-18-16-11-9-7-5-2/h20,23-41H,4-19,21-22H2,1-3H3. The molecular weight excluding hydrogens is 755 g/mol. The summed E-state index contributed by atoms with van der Waals surface area (Å²) in [6, 6.07) is 35.5. The van der Waals surface area contributed by atoms with Crippen LogP contribution in [-0.2, 0) is 12.8 Å². The van der Waals surface area contributed by atoms with E-state index >= 15 is 0 Å². The number of unbranched alkanes of at least 4 members (excludes halogenated alkanes) is 14. The molecule has 0 aromatic heterocycles. The molecule has 0 fully saturated rings. The maximum atomic E-state index is 13.1. The molecule has 0 unspecified atom stereocenters. The Labute approximate surface area is 364 Å². The highest BCUT2D eigenvalue weighted by Crippen LogP contribution is 2.29. The van der Waals surface area contributed by atoms with Crippen molar-refractivity contribution in [2.75, 3.05) is 0 Å². The van der Waals surface area contributed by atoms with Crippen molar-refractivity contribution in [2.45, 2.75) is 136 Å². The number of benzene rings is 5. The molecule has 0 heterocycles. The molecule has 320 valence electrons. The smallest absolute Gasteiger partial charge is 0.343 e. The number of aryl methyl sites for hydroxylation is 2. The van der Waals surface area contributed by atoms with E-state index in [4.69, 9.17) is 9.47 Å². The van der Waals surface area contributed by atoms with Crippen molar-refractivity contribution in [1.82, 2.24) is 0 Å². The molecule has 0 saturated carbocycles. The number of rotatable bonds is 26. The highest BCUT2D eigenvalue weighted by Gasteiger charge is 2.13. The number of aliphatic imine (C=N–C) groups is 1. The molecule has 0 aliphatic carbocycles. The normalized spacial score (nSPS) is 11.4. The fraction of sp³-hybridized carbons (Fsp3) is 0.389. The van der Waals surface area contributed by atoms with E-state index in [0.717, 1.165) is 29.7 Å². The first-order valence-electron chi connectivity index (χ1n) is 22.8. The Morgan fingerprint density at radius 3 is 1.46 bits per heavy atom. The van der Waals surface area contributed by atoms with Crippen LogP contribution in [0.4, 0.5) is 17.1 Å². The zero-order chi connectivity index (χ0) is 42.9. The lowest BCUT2D eigenvalue weighted by molar-refractivity contribution is 0.0724. The lowest BCUT2D eigenvalue weighted by atomic mass is 10.0. The van der Waals surface area contributed by atoms with Crippen LogP contribution in [0.1, 0.15) is 160 Å². The first-order valence-corrected chi connectivity index (χ1v) is 22.8. The minimum absolute atomic E-state index is 0.387. The Bertz CT molecular complexity index is 2100. The van der Waals surface area contributed by atoms with Gasteiger partial charge in [0.1, 0.15) is 11.5 Å². The fourth-order valence-corrected chi connectivity index (χ4v) is 7.19. The lowest BCUT2D eigenvalue weighted by Gasteiger charge is -2.09. The van der Waals surface area contributed by atoms with Gasteiger partial charge in [-0.2, -0.15) is 10.2 Å². The Morgan fingerprint density at radius 1 is 0.492 bits per heavy atom. The molecule has 0 aliphatic heterocycles. The summed E-state index contributed by atoms with van der Waals surface area (Å²) in [7, 11) is 0. The molecule has 7 nitrogen and oxygen atoms in total. The van der Waals surface area contributed by atoms with Gasteiger partial charge in [0.2, 0.25) is 0 Å². The van der Waals surface area contributed by atoms with Gasteiger partial charge in [-0.1, -0.05) is 134 Å². The van der Waals surface area contributed by atoms with Crippen molar-refractivity contribution in [1.29, 1.82) is 0 Å². The maximum Gasteiger partial charge on any atom is 0.343 e. The van der Waals surface area contributed by atoms with Crippen LogP contribution >= 0.6 is 0 Å². The van der Waals surface area contributed by atoms with Gasteiger partial charge >= 0.3 is 11.9 Å². The summed E-state index contributed by atoms with van der Waals surface area (Å²) >= 11 is 0. The topological polar surface area (TPSA) is 89.7 Å². The molecule has 0 spiro atoms. The summed E-state index contributed by atoms with van der Waals surface area (Å²) in [5.41, 5.74) is 7.17. The highest BCUT2D eigenvalue weighted by atomic mass is 16.5. The maximum absolute atomic E-state index is 13.1. The van der Waals surface area contributed by atoms with Crippen molar-refractivity contribution < 1.29 is 19.1 Å². The van der Waals surface area contributed by atoms with E-state index in [9.17, 15) is 9.59 Å². The SMILES string of the molecule is CCCCCCCCCCCCc1ccc(N=Nc2ccc(C(=O)Oc3cccc(N=Cc4ccc(OC(=O)c5ccc(CCCCCCCC)cc5)cc4)c3C)cc2)cc1. The second-order valence-corrected chi connectivity index (χ2v) is 16.1. The summed E-state index contributed by atoms with van der Waals surface area (Å²) in [4.78, 5) is 30.5. The minimum Gasteiger partial charge on any atom is -0.423 e. The number of azo groups is 1. The second-order valence-electron chi connectivity index (χ2n) is 16.1. The predicted octanol–water partition coefficient (Wildman–Crippen LogP) is 16.0. The van der Waals surface area contributed by atoms with Crippen molar-refractivity contribution in [3.05, 3.63) is 149 Å². The quantitative estimate of drug-likeness (QED) is 0.0183. The van der Waals surface area contributed by atoms with E-state index in [2.05, 4.69) is 41.2 Å². The molecule has 5 aromatic carbocycles. The summed E-state index contributed by atoms with van der Waals surface area (Å²) in [5.74, 6) is 0.0264. The third-order valence-corrected chi connectivity index (χ3v) is 11.0. The van der Waals surface area contributed by atoms with Gasteiger partial charge < -0.3 is 9.47 Å². The van der Waals surface area contributed by atoms with Crippen LogP contribution in [0.3, 0.4) is 0 Å². The molecule has 0 bridgehead atoms. The summed E-state index contributed by atoms with van der Waals surface area (Å²) in [5, 5.41) is 8.77. The molecule has 7 heteroatoms. The lowest BCUT2D eigenvalue weighted by Crippen LogP contribution is -2.09. The largest absolute Gasteiger partial charge is 0.423 e. The third kappa shape index (κ3) is 16.7. The zero-order valence-electron chi connectivity index (χ0n) is 36.7. The van der Waals surface area contributed by atoms with Gasteiger partial charge in [0.05, 0.1) is 28.2 Å². The van der Waals surface area contributed by atoms with Crippen LogP contribution in [0, 0.1) is 6.92 Å². The average molecular weight is 820 g/mol. The van der Waals surface area contributed by atoms with Crippen molar-refractivity contribution >= 4 is 35.2 Å². The minimum atomic E-state index is -0.472. The number of hydrogen-bond donors (Lipinski definition) is 0. The van der Waals surface area contributed by atoms with E-state index in [-0.39, 0.29) is 5.97 Å². The number of esters is 2. The van der Waals surface area contributed by atoms with Crippen LogP contribution in [-0.4, -0.2) is 18.2 Å². The molecule has 0 atom stereocenters. The molecule has 61 heavy (non-hydrogen) atoms. The molecular formula is C54H65N3O4. The number of carbonyl (C=O) groups excluding carboxylic acids is 2. The van der Waals surface area contributed by atoms with E-state index in [1.807, 2.05) is 61.5 Å². The van der Waals surface area contributed by atoms with Gasteiger partial charge in [-0.25, -0.2) is 9.59 Å². The highest BCUT2D eigenvalue weighted by molar-refractivity contribution is 5.92. The monoisotopic (exact) mass is 819 g/mol. The fourth-order valence-electron chi connectivity index (χ4n) is 7.19. The van der Waals surface area contributed by atoms with E-state index < -0.39 is 5.97 Å². The summed E-state index contributed by atoms with van der Waals surface area (Å²) in [6.07, 6.45) is 24.8. The molecule has 5 aromatic rings. The zero-order valence-corrected chi connectivity index (χ0v) is 36.7. The first-order chi connectivity index (χ1) is 29.9. The van der Waals surface area contributed by atoms with Gasteiger partial charge in [0.25, 0.3) is 0 Å². The first kappa shape index (κ1) is 46.4. The van der Waals surface area contributed by atoms with Crippen LogP contribution in [0.2, 0.25) is 0 Å². The van der Waals surface area contributed by atoms with Crippen LogP contribution in [0.25, 0.3) is 0 Å². The van der Waals surface area contributed by atoms with Crippen LogP contribution in [0.5, 0.6) is 11.5 Å². The predicted molar refractivity (Wildman–Crippen MR) is 251 cm³/mol. The van der Waals surface area contributed by atoms with Crippen molar-refractivity contribution in [3.63, 3.8) is 0 Å². The van der Waals surface area contributed by atoms with Gasteiger partial charge in [-0.3, -0.25) is 4.99 Å². The van der Waals surface area contributed by atoms with Gasteiger partial charge in [-0.15, -0.1) is 0 Å². The number of nitrogens with zero attached hydrogens (tertiary/aromatic N) is 3. The van der Waals surface area contributed by atoms with Crippen molar-refractivity contribution in [2.24, 2.45) is 15.2 Å². The van der Waals surface area contributed by atoms with Gasteiger partial charge in [0.15, 0.2) is 0 Å². The summed E-state index contributed by atoms with van der Waals surface area (Å²) < 4.78 is 11.4. The van der Waals surface area contributed by atoms with Crippen molar-refractivity contribution in [3.8, 4) is 11.5 Å². The molecule has 0 aliphatic rings. The third-order valence-electron chi connectivity index (χ3n) is 11.0. The molecule has 0 radical (unpaired) electrons. The number of carbonyl (C=O) groups is 2. The van der Waals surface area contributed by atoms with Gasteiger partial charge in [0, 0.05) is 11.8 Å². The molecule has 0 saturated heterocycles. The molecule has 0 N–H and O–H groups in total. The van der Waals surface area contributed by atoms with E-state index in [1.165, 1.54) is 114 Å². The number of ether oxygens (including phenoxy) is 2.